The van der Waals surface area contributed by atoms with Crippen molar-refractivity contribution in [1.29, 1.82) is 0 Å². The molecular formula is C18H21N3O4. The molecule has 0 bridgehead atoms. The lowest BCUT2D eigenvalue weighted by atomic mass is 10.1. The number of ether oxygens (including phenoxy) is 1. The fraction of sp³-hybridized carbons (Fsp3) is 0.444. The number of esters is 1. The number of hydrogen-bond donors (Lipinski definition) is 0. The number of rotatable bonds is 5. The first-order valence-electron chi connectivity index (χ1n) is 8.38. The molecule has 2 unspecified atom stereocenters. The van der Waals surface area contributed by atoms with Gasteiger partial charge in [-0.15, -0.1) is 0 Å². The second-order valence-electron chi connectivity index (χ2n) is 6.17. The SMILES string of the molecule is Cc1noc(C(C)OC(=O)C2CCCN2C(=O)Cc2ccccc2)n1. The van der Waals surface area contributed by atoms with Gasteiger partial charge in [-0.3, -0.25) is 4.79 Å². The van der Waals surface area contributed by atoms with E-state index < -0.39 is 18.1 Å². The van der Waals surface area contributed by atoms with E-state index in [2.05, 4.69) is 10.1 Å². The molecule has 3 rings (SSSR count). The third-order valence-electron chi connectivity index (χ3n) is 4.23. The van der Waals surface area contributed by atoms with E-state index in [0.717, 1.165) is 12.0 Å². The number of aromatic nitrogens is 2. The standard InChI is InChI=1S/C18H21N3O4/c1-12(17-19-13(2)20-25-17)24-18(23)15-9-6-10-21(15)16(22)11-14-7-4-3-5-8-14/h3-5,7-8,12,15H,6,9-11H2,1-2H3. The molecule has 0 saturated carbocycles. The molecule has 1 fully saturated rings. The van der Waals surface area contributed by atoms with Crippen molar-refractivity contribution in [2.75, 3.05) is 6.54 Å². The summed E-state index contributed by atoms with van der Waals surface area (Å²) >= 11 is 0. The average molecular weight is 343 g/mol. The van der Waals surface area contributed by atoms with Crippen LogP contribution in [0.25, 0.3) is 0 Å². The van der Waals surface area contributed by atoms with Crippen molar-refractivity contribution in [2.45, 2.75) is 45.3 Å². The van der Waals surface area contributed by atoms with Crippen LogP contribution in [-0.4, -0.2) is 39.5 Å². The molecule has 1 aliphatic heterocycles. The normalized spacial score (nSPS) is 18.2. The maximum atomic E-state index is 12.6. The van der Waals surface area contributed by atoms with Crippen molar-refractivity contribution >= 4 is 11.9 Å². The smallest absolute Gasteiger partial charge is 0.329 e. The van der Waals surface area contributed by atoms with Crippen molar-refractivity contribution < 1.29 is 18.8 Å². The summed E-state index contributed by atoms with van der Waals surface area (Å²) < 4.78 is 10.5. The van der Waals surface area contributed by atoms with Crippen LogP contribution >= 0.6 is 0 Å². The molecule has 1 saturated heterocycles. The highest BCUT2D eigenvalue weighted by Gasteiger charge is 2.36. The first-order valence-corrected chi connectivity index (χ1v) is 8.38. The summed E-state index contributed by atoms with van der Waals surface area (Å²) in [6, 6.07) is 8.95. The van der Waals surface area contributed by atoms with E-state index >= 15 is 0 Å². The number of likely N-dealkylation sites (tertiary alicyclic amines) is 1. The van der Waals surface area contributed by atoms with Crippen LogP contribution in [0, 0.1) is 6.92 Å². The van der Waals surface area contributed by atoms with E-state index in [9.17, 15) is 9.59 Å². The second-order valence-corrected chi connectivity index (χ2v) is 6.17. The minimum atomic E-state index is -0.639. The zero-order valence-corrected chi connectivity index (χ0v) is 14.3. The molecule has 0 spiro atoms. The molecule has 0 aliphatic carbocycles. The highest BCUT2D eigenvalue weighted by atomic mass is 16.6. The first kappa shape index (κ1) is 17.1. The Morgan fingerprint density at radius 3 is 2.80 bits per heavy atom. The second kappa shape index (κ2) is 7.46. The average Bonchev–Trinajstić information content (AvgIpc) is 3.24. The number of aryl methyl sites for hydroxylation is 1. The lowest BCUT2D eigenvalue weighted by Crippen LogP contribution is -2.42. The molecule has 0 N–H and O–H groups in total. The molecule has 2 atom stereocenters. The summed E-state index contributed by atoms with van der Waals surface area (Å²) in [6.07, 6.45) is 1.03. The van der Waals surface area contributed by atoms with Gasteiger partial charge in [0.15, 0.2) is 11.9 Å². The molecule has 1 aliphatic rings. The van der Waals surface area contributed by atoms with Crippen LogP contribution in [0.1, 0.15) is 43.1 Å². The van der Waals surface area contributed by atoms with E-state index in [1.807, 2.05) is 30.3 Å². The number of carbonyl (C=O) groups excluding carboxylic acids is 2. The Morgan fingerprint density at radius 1 is 1.36 bits per heavy atom. The van der Waals surface area contributed by atoms with Gasteiger partial charge in [0.05, 0.1) is 6.42 Å². The third-order valence-corrected chi connectivity index (χ3v) is 4.23. The minimum absolute atomic E-state index is 0.0630. The number of nitrogens with zero attached hydrogens (tertiary/aromatic N) is 3. The summed E-state index contributed by atoms with van der Waals surface area (Å²) in [7, 11) is 0. The van der Waals surface area contributed by atoms with Crippen molar-refractivity contribution in [2.24, 2.45) is 0 Å². The molecule has 0 radical (unpaired) electrons. The fourth-order valence-corrected chi connectivity index (χ4v) is 2.96. The van der Waals surface area contributed by atoms with E-state index in [0.29, 0.717) is 18.8 Å². The number of carbonyl (C=O) groups is 2. The van der Waals surface area contributed by atoms with Gasteiger partial charge in [-0.1, -0.05) is 35.5 Å². The minimum Gasteiger partial charge on any atom is -0.451 e. The maximum absolute atomic E-state index is 12.6. The van der Waals surface area contributed by atoms with Crippen LogP contribution in [-0.2, 0) is 20.7 Å². The molecule has 25 heavy (non-hydrogen) atoms. The van der Waals surface area contributed by atoms with Gasteiger partial charge < -0.3 is 14.2 Å². The van der Waals surface area contributed by atoms with E-state index in [-0.39, 0.29) is 18.2 Å². The van der Waals surface area contributed by atoms with Gasteiger partial charge in [0.25, 0.3) is 5.89 Å². The number of amides is 1. The predicted octanol–water partition coefficient (Wildman–Crippen LogP) is 2.22. The van der Waals surface area contributed by atoms with Crippen molar-refractivity contribution in [1.82, 2.24) is 15.0 Å². The largest absolute Gasteiger partial charge is 0.451 e. The lowest BCUT2D eigenvalue weighted by Gasteiger charge is -2.24. The van der Waals surface area contributed by atoms with E-state index in [4.69, 9.17) is 9.26 Å². The molecule has 1 aromatic carbocycles. The zero-order valence-electron chi connectivity index (χ0n) is 14.3. The van der Waals surface area contributed by atoms with Crippen molar-refractivity contribution in [3.05, 3.63) is 47.6 Å². The van der Waals surface area contributed by atoms with Gasteiger partial charge in [-0.05, 0) is 32.3 Å². The highest BCUT2D eigenvalue weighted by Crippen LogP contribution is 2.23. The van der Waals surface area contributed by atoms with Crippen LogP contribution in [0.4, 0.5) is 0 Å². The molecule has 1 aromatic heterocycles. The Kier molecular flexibility index (Phi) is 5.11. The van der Waals surface area contributed by atoms with E-state index in [1.54, 1.807) is 18.7 Å². The molecule has 7 heteroatoms. The Morgan fingerprint density at radius 2 is 2.12 bits per heavy atom. The monoisotopic (exact) mass is 343 g/mol. The van der Waals surface area contributed by atoms with Crippen molar-refractivity contribution in [3.63, 3.8) is 0 Å². The van der Waals surface area contributed by atoms with Gasteiger partial charge >= 0.3 is 5.97 Å². The molecule has 132 valence electrons. The first-order chi connectivity index (χ1) is 12.0. The quantitative estimate of drug-likeness (QED) is 0.774. The Labute approximate surface area is 146 Å². The molecule has 7 nitrogen and oxygen atoms in total. The number of hydrogen-bond acceptors (Lipinski definition) is 6. The lowest BCUT2D eigenvalue weighted by molar-refractivity contribution is -0.158. The summed E-state index contributed by atoms with van der Waals surface area (Å²) in [4.78, 5) is 30.7. The fourth-order valence-electron chi connectivity index (χ4n) is 2.96. The van der Waals surface area contributed by atoms with Crippen LogP contribution in [0.5, 0.6) is 0 Å². The van der Waals surface area contributed by atoms with Crippen LogP contribution in [0.15, 0.2) is 34.9 Å². The summed E-state index contributed by atoms with van der Waals surface area (Å²) in [6.45, 7) is 3.94. The summed E-state index contributed by atoms with van der Waals surface area (Å²) in [5.74, 6) is 0.249. The predicted molar refractivity (Wildman–Crippen MR) is 88.4 cm³/mol. The maximum Gasteiger partial charge on any atom is 0.329 e. The Bertz CT molecular complexity index is 744. The van der Waals surface area contributed by atoms with E-state index in [1.165, 1.54) is 0 Å². The molecule has 1 amide bonds. The van der Waals surface area contributed by atoms with Gasteiger partial charge in [0.2, 0.25) is 5.91 Å². The van der Waals surface area contributed by atoms with Crippen LogP contribution in [0.2, 0.25) is 0 Å². The van der Waals surface area contributed by atoms with Gasteiger partial charge in [-0.25, -0.2) is 4.79 Å². The van der Waals surface area contributed by atoms with Crippen LogP contribution < -0.4 is 0 Å². The molecular weight excluding hydrogens is 322 g/mol. The van der Waals surface area contributed by atoms with Crippen LogP contribution in [0.3, 0.4) is 0 Å². The third kappa shape index (κ3) is 4.04. The topological polar surface area (TPSA) is 85.5 Å². The highest BCUT2D eigenvalue weighted by molar-refractivity contribution is 5.86. The summed E-state index contributed by atoms with van der Waals surface area (Å²) in [5, 5.41) is 3.69. The van der Waals surface area contributed by atoms with Gasteiger partial charge in [0.1, 0.15) is 6.04 Å². The van der Waals surface area contributed by atoms with Gasteiger partial charge in [-0.2, -0.15) is 4.98 Å². The Balaban J connectivity index is 1.62. The summed E-state index contributed by atoms with van der Waals surface area (Å²) in [5.41, 5.74) is 0.932. The Hall–Kier alpha value is -2.70. The molecule has 2 aromatic rings. The number of benzene rings is 1. The van der Waals surface area contributed by atoms with Crippen molar-refractivity contribution in [3.8, 4) is 0 Å². The van der Waals surface area contributed by atoms with Gasteiger partial charge in [0, 0.05) is 6.54 Å². The zero-order chi connectivity index (χ0) is 17.8. The molecule has 2 heterocycles.